The number of carbonyl (C=O) groups is 1. The number of rotatable bonds is 3. The van der Waals surface area contributed by atoms with E-state index in [9.17, 15) is 9.18 Å². The lowest BCUT2D eigenvalue weighted by atomic mass is 9.74. The van der Waals surface area contributed by atoms with Crippen LogP contribution in [0.4, 0.5) is 20.6 Å². The Morgan fingerprint density at radius 1 is 1.03 bits per heavy atom. The summed E-state index contributed by atoms with van der Waals surface area (Å²) in [5.74, 6) is 0.716. The van der Waals surface area contributed by atoms with E-state index in [2.05, 4.69) is 21.9 Å². The maximum Gasteiger partial charge on any atom is 0.323 e. The Bertz CT molecular complexity index is 1040. The zero-order chi connectivity index (χ0) is 23.9. The fraction of sp³-hybridized carbons (Fsp3) is 0.519. The van der Waals surface area contributed by atoms with E-state index in [-0.39, 0.29) is 17.3 Å². The molecule has 7 heteroatoms. The summed E-state index contributed by atoms with van der Waals surface area (Å²) in [7, 11) is 5.28. The van der Waals surface area contributed by atoms with Crippen molar-refractivity contribution in [2.45, 2.75) is 37.1 Å². The molecule has 0 radical (unpaired) electrons. The summed E-state index contributed by atoms with van der Waals surface area (Å²) in [5.41, 5.74) is 2.90. The maximum atomic E-state index is 14.2. The normalized spacial score (nSPS) is 20.5. The minimum absolute atomic E-state index is 0.0316. The van der Waals surface area contributed by atoms with Crippen LogP contribution in [0.2, 0.25) is 0 Å². The number of hydrogen-bond donors (Lipinski definition) is 0. The highest BCUT2D eigenvalue weighted by molar-refractivity contribution is 5.95. The second-order valence-electron chi connectivity index (χ2n) is 10.1. The number of anilines is 2. The Balaban J connectivity index is 1.26. The molecule has 2 amide bonds. The van der Waals surface area contributed by atoms with Crippen LogP contribution in [0.25, 0.3) is 0 Å². The third kappa shape index (κ3) is 4.00. The zero-order valence-corrected chi connectivity index (χ0v) is 20.5. The Morgan fingerprint density at radius 2 is 1.74 bits per heavy atom. The van der Waals surface area contributed by atoms with Gasteiger partial charge in [0.05, 0.1) is 12.8 Å². The lowest BCUT2D eigenvalue weighted by Gasteiger charge is -2.45. The number of urea groups is 1. The van der Waals surface area contributed by atoms with Gasteiger partial charge in [-0.15, -0.1) is 0 Å². The first kappa shape index (κ1) is 23.0. The SMILES string of the molecule is COc1ccccc1N1CCC(N2CCC3(CC2)CN(C(=O)N(C)C)c2ccc(F)cc23)CC1. The van der Waals surface area contributed by atoms with Gasteiger partial charge in [-0.1, -0.05) is 12.1 Å². The summed E-state index contributed by atoms with van der Waals surface area (Å²) < 4.78 is 19.8. The number of amides is 2. The van der Waals surface area contributed by atoms with Crippen molar-refractivity contribution < 1.29 is 13.9 Å². The molecule has 0 saturated carbocycles. The molecule has 0 atom stereocenters. The number of likely N-dealkylation sites (tertiary alicyclic amines) is 1. The molecule has 3 aliphatic rings. The minimum atomic E-state index is -0.219. The van der Waals surface area contributed by atoms with Crippen LogP contribution in [0, 0.1) is 5.82 Å². The molecule has 5 rings (SSSR count). The van der Waals surface area contributed by atoms with Crippen LogP contribution in [0.3, 0.4) is 0 Å². The molecule has 1 spiro atoms. The number of benzene rings is 2. The van der Waals surface area contributed by atoms with E-state index < -0.39 is 0 Å². The summed E-state index contributed by atoms with van der Waals surface area (Å²) in [6.45, 7) is 4.65. The van der Waals surface area contributed by atoms with E-state index in [1.54, 1.807) is 38.2 Å². The van der Waals surface area contributed by atoms with E-state index in [1.807, 2.05) is 17.0 Å². The molecule has 6 nitrogen and oxygen atoms in total. The Hall–Kier alpha value is -2.80. The summed E-state index contributed by atoms with van der Waals surface area (Å²) >= 11 is 0. The predicted octanol–water partition coefficient (Wildman–Crippen LogP) is 4.34. The van der Waals surface area contributed by atoms with Gasteiger partial charge in [-0.25, -0.2) is 9.18 Å². The molecular formula is C27H35FN4O2. The average molecular weight is 467 g/mol. The molecule has 0 unspecified atom stereocenters. The topological polar surface area (TPSA) is 39.3 Å². The number of methoxy groups -OCH3 is 1. The highest BCUT2D eigenvalue weighted by atomic mass is 19.1. The van der Waals surface area contributed by atoms with Crippen LogP contribution in [-0.4, -0.2) is 75.8 Å². The third-order valence-electron chi connectivity index (χ3n) is 8.06. The van der Waals surface area contributed by atoms with E-state index in [0.29, 0.717) is 12.6 Å². The van der Waals surface area contributed by atoms with Crippen LogP contribution in [0.5, 0.6) is 5.75 Å². The van der Waals surface area contributed by atoms with Crippen LogP contribution >= 0.6 is 0 Å². The molecule has 3 heterocycles. The van der Waals surface area contributed by atoms with Gasteiger partial charge in [0.15, 0.2) is 0 Å². The molecule has 182 valence electrons. The van der Waals surface area contributed by atoms with Gasteiger partial charge >= 0.3 is 6.03 Å². The van der Waals surface area contributed by atoms with Gasteiger partial charge in [0.1, 0.15) is 11.6 Å². The van der Waals surface area contributed by atoms with Crippen molar-refractivity contribution in [3.8, 4) is 5.75 Å². The van der Waals surface area contributed by atoms with Crippen molar-refractivity contribution in [3.63, 3.8) is 0 Å². The Labute approximate surface area is 201 Å². The van der Waals surface area contributed by atoms with Crippen LogP contribution in [0.1, 0.15) is 31.2 Å². The monoisotopic (exact) mass is 466 g/mol. The van der Waals surface area contributed by atoms with Crippen molar-refractivity contribution >= 4 is 17.4 Å². The standard InChI is InChI=1S/C27H35FN4O2/c1-29(2)26(33)32-19-27(22-18-20(28)8-9-23(22)32)12-16-30(17-13-27)21-10-14-31(15-11-21)24-6-4-5-7-25(24)34-3/h4-9,18,21H,10-17,19H2,1-3H3. The number of piperidine rings is 2. The minimum Gasteiger partial charge on any atom is -0.495 e. The van der Waals surface area contributed by atoms with Gasteiger partial charge in [0, 0.05) is 50.9 Å². The maximum absolute atomic E-state index is 14.2. The third-order valence-corrected chi connectivity index (χ3v) is 8.06. The summed E-state index contributed by atoms with van der Waals surface area (Å²) in [6, 6.07) is 13.7. The van der Waals surface area contributed by atoms with Crippen molar-refractivity contribution in [2.75, 3.05) is 63.7 Å². The van der Waals surface area contributed by atoms with Crippen LogP contribution in [-0.2, 0) is 5.41 Å². The molecule has 3 aliphatic heterocycles. The Kier molecular flexibility index (Phi) is 6.15. The van der Waals surface area contributed by atoms with Crippen molar-refractivity contribution in [1.82, 2.24) is 9.80 Å². The van der Waals surface area contributed by atoms with Crippen molar-refractivity contribution in [2.24, 2.45) is 0 Å². The predicted molar refractivity (Wildman–Crippen MR) is 134 cm³/mol. The number of para-hydroxylation sites is 2. The van der Waals surface area contributed by atoms with Gasteiger partial charge in [-0.2, -0.15) is 0 Å². The molecule has 0 aromatic heterocycles. The van der Waals surface area contributed by atoms with Gasteiger partial charge in [-0.3, -0.25) is 4.90 Å². The number of carbonyl (C=O) groups excluding carboxylic acids is 1. The first-order chi connectivity index (χ1) is 16.4. The number of nitrogens with zero attached hydrogens (tertiary/aromatic N) is 4. The number of ether oxygens (including phenoxy) is 1. The summed E-state index contributed by atoms with van der Waals surface area (Å²) in [5, 5.41) is 0. The molecule has 2 fully saturated rings. The molecule has 0 N–H and O–H groups in total. The first-order valence-electron chi connectivity index (χ1n) is 12.3. The Morgan fingerprint density at radius 3 is 2.41 bits per heavy atom. The molecule has 0 aliphatic carbocycles. The second kappa shape index (κ2) is 9.10. The smallest absolute Gasteiger partial charge is 0.323 e. The van der Waals surface area contributed by atoms with Gasteiger partial charge < -0.3 is 19.4 Å². The highest BCUT2D eigenvalue weighted by Gasteiger charge is 2.47. The average Bonchev–Trinajstić information content (AvgIpc) is 3.17. The number of fused-ring (bicyclic) bond motifs is 2. The van der Waals surface area contributed by atoms with E-state index in [1.165, 1.54) is 11.8 Å². The fourth-order valence-electron chi connectivity index (χ4n) is 6.16. The largest absolute Gasteiger partial charge is 0.495 e. The van der Waals surface area contributed by atoms with Gasteiger partial charge in [0.25, 0.3) is 0 Å². The number of halogens is 1. The molecule has 2 saturated heterocycles. The molecule has 0 bridgehead atoms. The second-order valence-corrected chi connectivity index (χ2v) is 10.1. The van der Waals surface area contributed by atoms with E-state index >= 15 is 0 Å². The zero-order valence-electron chi connectivity index (χ0n) is 20.5. The van der Waals surface area contributed by atoms with Crippen LogP contribution in [0.15, 0.2) is 42.5 Å². The van der Waals surface area contributed by atoms with Crippen molar-refractivity contribution in [1.29, 1.82) is 0 Å². The molecular weight excluding hydrogens is 431 g/mol. The number of hydrogen-bond acceptors (Lipinski definition) is 4. The van der Waals surface area contributed by atoms with Gasteiger partial charge in [-0.05, 0) is 74.7 Å². The van der Waals surface area contributed by atoms with Gasteiger partial charge in [0.2, 0.25) is 0 Å². The van der Waals surface area contributed by atoms with Crippen LogP contribution < -0.4 is 14.5 Å². The summed E-state index contributed by atoms with van der Waals surface area (Å²) in [4.78, 5) is 21.4. The highest BCUT2D eigenvalue weighted by Crippen LogP contribution is 2.48. The molecule has 2 aromatic carbocycles. The molecule has 34 heavy (non-hydrogen) atoms. The quantitative estimate of drug-likeness (QED) is 0.675. The lowest BCUT2D eigenvalue weighted by Crippen LogP contribution is -2.52. The van der Waals surface area contributed by atoms with E-state index in [4.69, 9.17) is 4.74 Å². The molecule has 2 aromatic rings. The summed E-state index contributed by atoms with van der Waals surface area (Å²) in [6.07, 6.45) is 4.16. The van der Waals surface area contributed by atoms with Crippen molar-refractivity contribution in [3.05, 3.63) is 53.8 Å². The fourth-order valence-corrected chi connectivity index (χ4v) is 6.16. The first-order valence-corrected chi connectivity index (χ1v) is 12.3. The van der Waals surface area contributed by atoms with E-state index in [0.717, 1.165) is 68.9 Å². The lowest BCUT2D eigenvalue weighted by molar-refractivity contribution is 0.104.